The van der Waals surface area contributed by atoms with Crippen molar-refractivity contribution in [2.45, 2.75) is 0 Å². The number of anilines is 1. The molecule has 0 atom stereocenters. The molecule has 1 saturated heterocycles. The van der Waals surface area contributed by atoms with E-state index in [4.69, 9.17) is 4.42 Å². The number of benzene rings is 2. The lowest BCUT2D eigenvalue weighted by atomic mass is 10.2. The van der Waals surface area contributed by atoms with Gasteiger partial charge in [-0.2, -0.15) is 0 Å². The van der Waals surface area contributed by atoms with Gasteiger partial charge in [-0.25, -0.2) is 0 Å². The van der Waals surface area contributed by atoms with Gasteiger partial charge in [0.25, 0.3) is 11.6 Å². The topological polar surface area (TPSA) is 79.8 Å². The molecule has 0 saturated carbocycles. The van der Waals surface area contributed by atoms with Crippen LogP contribution in [0.2, 0.25) is 0 Å². The van der Waals surface area contributed by atoms with Crippen LogP contribution < -0.4 is 4.90 Å². The van der Waals surface area contributed by atoms with Gasteiger partial charge < -0.3 is 14.2 Å². The molecular weight excluding hydrogens is 414 g/mol. The number of carbonyl (C=O) groups excluding carboxylic acids is 1. The standard InChI is InChI=1S/C19H16BrN3O4/c20-16-3-1-2-13-12-17(27-18(13)16)19(24)22-10-8-21(9-11-22)14-4-6-15(7-5-14)23(25)26/h1-7,12H,8-11H2. The highest BCUT2D eigenvalue weighted by Crippen LogP contribution is 2.28. The van der Waals surface area contributed by atoms with Gasteiger partial charge in [0.15, 0.2) is 5.76 Å². The van der Waals surface area contributed by atoms with Crippen LogP contribution in [0.5, 0.6) is 0 Å². The number of hydrogen-bond acceptors (Lipinski definition) is 5. The van der Waals surface area contributed by atoms with Crippen molar-refractivity contribution in [1.29, 1.82) is 0 Å². The number of fused-ring (bicyclic) bond motifs is 1. The third-order valence-corrected chi connectivity index (χ3v) is 5.32. The van der Waals surface area contributed by atoms with Crippen LogP contribution >= 0.6 is 15.9 Å². The maximum atomic E-state index is 12.8. The minimum absolute atomic E-state index is 0.0728. The fourth-order valence-corrected chi connectivity index (χ4v) is 3.70. The van der Waals surface area contributed by atoms with Crippen LogP contribution in [0, 0.1) is 10.1 Å². The Bertz CT molecular complexity index is 1010. The molecule has 4 rings (SSSR count). The zero-order valence-corrected chi connectivity index (χ0v) is 15.9. The Hall–Kier alpha value is -2.87. The Morgan fingerprint density at radius 2 is 1.78 bits per heavy atom. The number of hydrogen-bond donors (Lipinski definition) is 0. The molecule has 3 aromatic rings. The second-order valence-electron chi connectivity index (χ2n) is 6.32. The molecule has 0 bridgehead atoms. The van der Waals surface area contributed by atoms with Crippen molar-refractivity contribution in [3.05, 3.63) is 68.9 Å². The zero-order valence-electron chi connectivity index (χ0n) is 14.3. The lowest BCUT2D eigenvalue weighted by Gasteiger charge is -2.35. The van der Waals surface area contributed by atoms with E-state index in [9.17, 15) is 14.9 Å². The summed E-state index contributed by atoms with van der Waals surface area (Å²) in [7, 11) is 0. The van der Waals surface area contributed by atoms with Gasteiger partial charge >= 0.3 is 0 Å². The van der Waals surface area contributed by atoms with Crippen LogP contribution in [0.1, 0.15) is 10.6 Å². The van der Waals surface area contributed by atoms with Crippen molar-refractivity contribution in [2.75, 3.05) is 31.1 Å². The second kappa shape index (κ2) is 7.03. The number of amides is 1. The summed E-state index contributed by atoms with van der Waals surface area (Å²) in [6.45, 7) is 2.45. The smallest absolute Gasteiger partial charge is 0.289 e. The molecule has 1 aromatic heterocycles. The first-order chi connectivity index (χ1) is 13.0. The van der Waals surface area contributed by atoms with E-state index in [1.165, 1.54) is 12.1 Å². The SMILES string of the molecule is O=C(c1cc2cccc(Br)c2o1)N1CCN(c2ccc([N+](=O)[O-])cc2)CC1. The van der Waals surface area contributed by atoms with Crippen molar-refractivity contribution in [1.82, 2.24) is 4.90 Å². The molecule has 1 fully saturated rings. The Morgan fingerprint density at radius 3 is 2.41 bits per heavy atom. The van der Waals surface area contributed by atoms with E-state index in [0.717, 1.165) is 15.5 Å². The summed E-state index contributed by atoms with van der Waals surface area (Å²) >= 11 is 3.44. The highest BCUT2D eigenvalue weighted by atomic mass is 79.9. The van der Waals surface area contributed by atoms with Crippen molar-refractivity contribution in [3.63, 3.8) is 0 Å². The number of furan rings is 1. The third-order valence-electron chi connectivity index (χ3n) is 4.70. The Kier molecular flexibility index (Phi) is 4.57. The Balaban J connectivity index is 1.44. The molecule has 2 heterocycles. The summed E-state index contributed by atoms with van der Waals surface area (Å²) in [6.07, 6.45) is 0. The molecule has 0 unspecified atom stereocenters. The van der Waals surface area contributed by atoms with E-state index in [1.807, 2.05) is 18.2 Å². The molecule has 27 heavy (non-hydrogen) atoms. The molecule has 138 valence electrons. The number of carbonyl (C=O) groups is 1. The largest absolute Gasteiger partial charge is 0.450 e. The first-order valence-electron chi connectivity index (χ1n) is 8.49. The number of para-hydroxylation sites is 1. The lowest BCUT2D eigenvalue weighted by Crippen LogP contribution is -2.48. The van der Waals surface area contributed by atoms with Gasteiger partial charge in [-0.05, 0) is 40.2 Å². The second-order valence-corrected chi connectivity index (χ2v) is 7.18. The number of nitrogens with zero attached hydrogens (tertiary/aromatic N) is 3. The monoisotopic (exact) mass is 429 g/mol. The van der Waals surface area contributed by atoms with E-state index in [-0.39, 0.29) is 11.6 Å². The molecule has 1 amide bonds. The maximum absolute atomic E-state index is 12.8. The molecule has 1 aliphatic rings. The molecule has 0 aliphatic carbocycles. The lowest BCUT2D eigenvalue weighted by molar-refractivity contribution is -0.384. The van der Waals surface area contributed by atoms with Crippen molar-refractivity contribution in [2.24, 2.45) is 0 Å². The van der Waals surface area contributed by atoms with Gasteiger partial charge in [0.1, 0.15) is 5.58 Å². The first kappa shape index (κ1) is 17.5. The van der Waals surface area contributed by atoms with Crippen LogP contribution in [0.15, 0.2) is 57.4 Å². The molecule has 0 radical (unpaired) electrons. The molecule has 1 aliphatic heterocycles. The highest BCUT2D eigenvalue weighted by Gasteiger charge is 2.25. The minimum atomic E-state index is -0.411. The van der Waals surface area contributed by atoms with Crippen molar-refractivity contribution < 1.29 is 14.1 Å². The molecule has 7 nitrogen and oxygen atoms in total. The van der Waals surface area contributed by atoms with Gasteiger partial charge in [-0.15, -0.1) is 0 Å². The summed E-state index contributed by atoms with van der Waals surface area (Å²) in [4.78, 5) is 27.0. The predicted octanol–water partition coefficient (Wildman–Crippen LogP) is 4.07. The normalized spacial score (nSPS) is 14.6. The van der Waals surface area contributed by atoms with E-state index in [0.29, 0.717) is 37.5 Å². The van der Waals surface area contributed by atoms with Gasteiger partial charge in [0.05, 0.1) is 9.40 Å². The van der Waals surface area contributed by atoms with Crippen molar-refractivity contribution in [3.8, 4) is 0 Å². The van der Waals surface area contributed by atoms with E-state index in [2.05, 4.69) is 20.8 Å². The Morgan fingerprint density at radius 1 is 1.07 bits per heavy atom. The van der Waals surface area contributed by atoms with E-state index in [1.54, 1.807) is 23.1 Å². The maximum Gasteiger partial charge on any atom is 0.289 e. The number of non-ortho nitro benzene ring substituents is 1. The van der Waals surface area contributed by atoms with Crippen LogP contribution in [-0.2, 0) is 0 Å². The Labute approximate surface area is 163 Å². The number of halogens is 1. The van der Waals surface area contributed by atoms with Gasteiger partial charge in [0.2, 0.25) is 0 Å². The number of rotatable bonds is 3. The van der Waals surface area contributed by atoms with Crippen LogP contribution in [0.4, 0.5) is 11.4 Å². The molecule has 2 aromatic carbocycles. The fourth-order valence-electron chi connectivity index (χ4n) is 3.24. The summed E-state index contributed by atoms with van der Waals surface area (Å²) < 4.78 is 6.57. The molecule has 0 N–H and O–H groups in total. The summed E-state index contributed by atoms with van der Waals surface area (Å²) in [6, 6.07) is 13.9. The van der Waals surface area contributed by atoms with Crippen LogP contribution in [0.3, 0.4) is 0 Å². The zero-order chi connectivity index (χ0) is 19.0. The van der Waals surface area contributed by atoms with Gasteiger partial charge in [-0.1, -0.05) is 12.1 Å². The highest BCUT2D eigenvalue weighted by molar-refractivity contribution is 9.10. The van der Waals surface area contributed by atoms with Crippen LogP contribution in [-0.4, -0.2) is 41.9 Å². The average Bonchev–Trinajstić information content (AvgIpc) is 3.13. The van der Waals surface area contributed by atoms with E-state index >= 15 is 0 Å². The number of piperazine rings is 1. The van der Waals surface area contributed by atoms with Gasteiger partial charge in [0, 0.05) is 49.4 Å². The fraction of sp³-hybridized carbons (Fsp3) is 0.211. The molecule has 0 spiro atoms. The third kappa shape index (κ3) is 3.40. The number of nitro benzene ring substituents is 1. The van der Waals surface area contributed by atoms with Crippen molar-refractivity contribution >= 4 is 44.2 Å². The predicted molar refractivity (Wildman–Crippen MR) is 105 cm³/mol. The summed E-state index contributed by atoms with van der Waals surface area (Å²) in [5, 5.41) is 11.6. The minimum Gasteiger partial charge on any atom is -0.450 e. The van der Waals surface area contributed by atoms with Crippen LogP contribution in [0.25, 0.3) is 11.0 Å². The van der Waals surface area contributed by atoms with Gasteiger partial charge in [-0.3, -0.25) is 14.9 Å². The molecular formula is C19H16BrN3O4. The number of nitro groups is 1. The summed E-state index contributed by atoms with van der Waals surface area (Å²) in [5.74, 6) is 0.210. The van der Waals surface area contributed by atoms with E-state index < -0.39 is 4.92 Å². The first-order valence-corrected chi connectivity index (χ1v) is 9.29. The summed E-state index contributed by atoms with van der Waals surface area (Å²) in [5.41, 5.74) is 1.66. The average molecular weight is 430 g/mol. The molecule has 8 heteroatoms. The quantitative estimate of drug-likeness (QED) is 0.463.